The summed E-state index contributed by atoms with van der Waals surface area (Å²) in [7, 11) is 0. The van der Waals surface area contributed by atoms with Crippen molar-refractivity contribution in [3.8, 4) is 23.7 Å². The molecular weight excluding hydrogens is 142 g/mol. The molecule has 0 radical (unpaired) electrons. The van der Waals surface area contributed by atoms with Crippen LogP contribution in [0.4, 0.5) is 0 Å². The quantitative estimate of drug-likeness (QED) is 0.538. The second kappa shape index (κ2) is 6.67. The van der Waals surface area contributed by atoms with Crippen molar-refractivity contribution in [1.29, 1.82) is 0 Å². The van der Waals surface area contributed by atoms with E-state index in [1.54, 1.807) is 0 Å². The van der Waals surface area contributed by atoms with Crippen LogP contribution in [0, 0.1) is 23.7 Å². The van der Waals surface area contributed by atoms with E-state index in [9.17, 15) is 4.79 Å². The molecule has 0 aromatic rings. The summed E-state index contributed by atoms with van der Waals surface area (Å²) >= 11 is 0. The summed E-state index contributed by atoms with van der Waals surface area (Å²) in [5.41, 5.74) is 5.06. The molecule has 3 nitrogen and oxygen atoms in total. The summed E-state index contributed by atoms with van der Waals surface area (Å²) in [6.45, 7) is 0.285. The van der Waals surface area contributed by atoms with Gasteiger partial charge >= 0.3 is 5.97 Å². The number of rotatable bonds is 2. The second-order valence-corrected chi connectivity index (χ2v) is 1.70. The maximum absolute atomic E-state index is 9.96. The van der Waals surface area contributed by atoms with Gasteiger partial charge in [0, 0.05) is 6.42 Å². The molecule has 0 fully saturated rings. The van der Waals surface area contributed by atoms with Crippen molar-refractivity contribution in [3.05, 3.63) is 0 Å². The van der Waals surface area contributed by atoms with Gasteiger partial charge < -0.3 is 10.8 Å². The number of aliphatic carboxylic acids is 1. The zero-order valence-corrected chi connectivity index (χ0v) is 6.05. The Balaban J connectivity index is 3.48. The molecule has 58 valence electrons. The smallest absolute Gasteiger partial charge is 0.304 e. The number of carboxylic acids is 1. The first-order valence-corrected chi connectivity index (χ1v) is 3.15. The van der Waals surface area contributed by atoms with E-state index in [-0.39, 0.29) is 13.0 Å². The highest BCUT2D eigenvalue weighted by Gasteiger charge is 1.90. The first-order chi connectivity index (χ1) is 5.27. The summed E-state index contributed by atoms with van der Waals surface area (Å²) in [6, 6.07) is 0. The van der Waals surface area contributed by atoms with E-state index in [1.165, 1.54) is 0 Å². The van der Waals surface area contributed by atoms with Crippen LogP contribution in [-0.4, -0.2) is 17.6 Å². The van der Waals surface area contributed by atoms with E-state index in [1.807, 2.05) is 0 Å². The van der Waals surface area contributed by atoms with Crippen LogP contribution >= 0.6 is 0 Å². The minimum Gasteiger partial charge on any atom is -0.481 e. The average molecular weight is 151 g/mol. The van der Waals surface area contributed by atoms with Gasteiger partial charge in [0.25, 0.3) is 0 Å². The van der Waals surface area contributed by atoms with Crippen LogP contribution in [0.25, 0.3) is 0 Å². The lowest BCUT2D eigenvalue weighted by Crippen LogP contribution is -1.92. The van der Waals surface area contributed by atoms with E-state index in [2.05, 4.69) is 23.7 Å². The Labute approximate surface area is 65.6 Å². The maximum Gasteiger partial charge on any atom is 0.304 e. The molecule has 0 aliphatic carbocycles. The predicted molar refractivity (Wildman–Crippen MR) is 41.5 cm³/mol. The highest BCUT2D eigenvalue weighted by atomic mass is 16.4. The normalized spacial score (nSPS) is 7.00. The minimum absolute atomic E-state index is 0.0668. The number of hydrogen-bond acceptors (Lipinski definition) is 2. The Kier molecular flexibility index (Phi) is 5.79. The van der Waals surface area contributed by atoms with Crippen molar-refractivity contribution in [3.63, 3.8) is 0 Å². The Hall–Kier alpha value is -1.45. The zero-order chi connectivity index (χ0) is 8.53. The molecule has 0 unspecified atom stereocenters. The third kappa shape index (κ3) is 8.55. The van der Waals surface area contributed by atoms with E-state index in [4.69, 9.17) is 10.8 Å². The molecule has 0 amide bonds. The standard InChI is InChI=1S/C8H9NO2/c9-7-5-3-1-2-4-6-8(10)11/h4,6-7,9H2,(H,10,11). The van der Waals surface area contributed by atoms with E-state index in [0.29, 0.717) is 6.42 Å². The summed E-state index contributed by atoms with van der Waals surface area (Å²) < 4.78 is 0. The van der Waals surface area contributed by atoms with Gasteiger partial charge in [0.2, 0.25) is 0 Å². The molecule has 0 saturated carbocycles. The molecule has 0 atom stereocenters. The molecule has 0 rings (SSSR count). The van der Waals surface area contributed by atoms with Crippen molar-refractivity contribution in [1.82, 2.24) is 0 Å². The molecular formula is C8H9NO2. The highest BCUT2D eigenvalue weighted by Crippen LogP contribution is 1.83. The van der Waals surface area contributed by atoms with Gasteiger partial charge in [0.15, 0.2) is 0 Å². The molecule has 11 heavy (non-hydrogen) atoms. The van der Waals surface area contributed by atoms with E-state index < -0.39 is 5.97 Å². The number of nitrogens with two attached hydrogens (primary N) is 1. The molecule has 3 heteroatoms. The first kappa shape index (κ1) is 9.55. The first-order valence-electron chi connectivity index (χ1n) is 3.15. The van der Waals surface area contributed by atoms with Gasteiger partial charge in [-0.15, -0.1) is 0 Å². The van der Waals surface area contributed by atoms with Crippen LogP contribution in [0.15, 0.2) is 0 Å². The fourth-order valence-electron chi connectivity index (χ4n) is 0.371. The van der Waals surface area contributed by atoms with Crippen LogP contribution in [0.3, 0.4) is 0 Å². The lowest BCUT2D eigenvalue weighted by Gasteiger charge is -1.81. The van der Waals surface area contributed by atoms with Crippen molar-refractivity contribution in [2.75, 3.05) is 6.54 Å². The van der Waals surface area contributed by atoms with Crippen molar-refractivity contribution >= 4 is 5.97 Å². The molecule has 0 aromatic carbocycles. The van der Waals surface area contributed by atoms with Crippen molar-refractivity contribution in [2.24, 2.45) is 5.73 Å². The molecule has 0 bridgehead atoms. The van der Waals surface area contributed by atoms with Crippen LogP contribution in [0.2, 0.25) is 0 Å². The van der Waals surface area contributed by atoms with Gasteiger partial charge in [-0.1, -0.05) is 11.8 Å². The molecule has 0 aliphatic rings. The third-order valence-electron chi connectivity index (χ3n) is 0.805. The third-order valence-corrected chi connectivity index (χ3v) is 0.805. The fourth-order valence-corrected chi connectivity index (χ4v) is 0.371. The van der Waals surface area contributed by atoms with Crippen LogP contribution in [-0.2, 0) is 4.79 Å². The maximum atomic E-state index is 9.96. The predicted octanol–water partition coefficient (Wildman–Crippen LogP) is -0.183. The zero-order valence-electron chi connectivity index (χ0n) is 6.05. The Bertz CT molecular complexity index is 236. The topological polar surface area (TPSA) is 63.3 Å². The number of hydrogen-bond donors (Lipinski definition) is 2. The largest absolute Gasteiger partial charge is 0.481 e. The highest BCUT2D eigenvalue weighted by molar-refractivity contribution is 5.67. The average Bonchev–Trinajstić information content (AvgIpc) is 1.96. The van der Waals surface area contributed by atoms with Gasteiger partial charge in [0.1, 0.15) is 0 Å². The second-order valence-electron chi connectivity index (χ2n) is 1.70. The monoisotopic (exact) mass is 151 g/mol. The van der Waals surface area contributed by atoms with Crippen LogP contribution in [0.1, 0.15) is 12.8 Å². The molecule has 0 spiro atoms. The lowest BCUT2D eigenvalue weighted by molar-refractivity contribution is -0.136. The van der Waals surface area contributed by atoms with Crippen molar-refractivity contribution < 1.29 is 9.90 Å². The van der Waals surface area contributed by atoms with Crippen LogP contribution < -0.4 is 5.73 Å². The summed E-state index contributed by atoms with van der Waals surface area (Å²) in [5.74, 6) is 9.26. The van der Waals surface area contributed by atoms with Gasteiger partial charge in [-0.25, -0.2) is 0 Å². The fraction of sp³-hybridized carbons (Fsp3) is 0.375. The van der Waals surface area contributed by atoms with Crippen molar-refractivity contribution in [2.45, 2.75) is 12.8 Å². The van der Waals surface area contributed by atoms with Crippen LogP contribution in [0.5, 0.6) is 0 Å². The number of carbonyl (C=O) groups is 1. The summed E-state index contributed by atoms with van der Waals surface area (Å²) in [6.07, 6.45) is 0.409. The Morgan fingerprint density at radius 3 is 2.55 bits per heavy atom. The molecule has 0 aliphatic heterocycles. The lowest BCUT2D eigenvalue weighted by atomic mass is 10.3. The number of carboxylic acid groups (broad SMARTS) is 1. The molecule has 0 aromatic heterocycles. The molecule has 0 saturated heterocycles. The van der Waals surface area contributed by atoms with Gasteiger partial charge in [-0.2, -0.15) is 0 Å². The van der Waals surface area contributed by atoms with Gasteiger partial charge in [-0.05, 0) is 11.8 Å². The van der Waals surface area contributed by atoms with Gasteiger partial charge in [-0.3, -0.25) is 4.79 Å². The SMILES string of the molecule is NCC#CC#CCCC(=O)O. The Morgan fingerprint density at radius 1 is 1.36 bits per heavy atom. The van der Waals surface area contributed by atoms with E-state index in [0.717, 1.165) is 0 Å². The molecule has 3 N–H and O–H groups in total. The Morgan fingerprint density at radius 2 is 2.00 bits per heavy atom. The summed E-state index contributed by atoms with van der Waals surface area (Å²) in [5, 5.41) is 8.19. The van der Waals surface area contributed by atoms with E-state index >= 15 is 0 Å². The van der Waals surface area contributed by atoms with Gasteiger partial charge in [0.05, 0.1) is 13.0 Å². The molecule has 0 heterocycles. The summed E-state index contributed by atoms with van der Waals surface area (Å²) in [4.78, 5) is 9.96. The minimum atomic E-state index is -0.842.